The highest BCUT2D eigenvalue weighted by atomic mass is 35.5. The van der Waals surface area contributed by atoms with E-state index in [1.807, 2.05) is 44.2 Å². The fourth-order valence-electron chi connectivity index (χ4n) is 8.55. The summed E-state index contributed by atoms with van der Waals surface area (Å²) >= 11 is 6.45. The molecule has 4 aliphatic rings. The number of carbonyl (C=O) groups is 1. The van der Waals surface area contributed by atoms with Crippen LogP contribution in [-0.4, -0.2) is 55.0 Å². The molecule has 0 saturated heterocycles. The van der Waals surface area contributed by atoms with Gasteiger partial charge in [0.15, 0.2) is 0 Å². The maximum atomic E-state index is 13.5. The van der Waals surface area contributed by atoms with E-state index < -0.39 is 26.8 Å². The van der Waals surface area contributed by atoms with E-state index in [0.717, 1.165) is 54.1 Å². The zero-order chi connectivity index (χ0) is 34.6. The molecule has 2 aliphatic carbocycles. The Kier molecular flexibility index (Phi) is 9.07. The van der Waals surface area contributed by atoms with Gasteiger partial charge in [0.1, 0.15) is 5.75 Å². The monoisotopic (exact) mass is 703 g/mol. The SMILES string of the molecule is Cc1ccnc(C[C@]2(O)/C=C\C[C@H](C)[C@@H](C)S(=O)(=O)NC(=O)c3ccc4c(c3)N(C[C@@H]3CC[C@H]32)C[C@@]2(CCCc3cc(Cl)ccc32)CO4)c1. The van der Waals surface area contributed by atoms with Crippen molar-refractivity contribution in [3.8, 4) is 5.75 Å². The number of anilines is 1. The van der Waals surface area contributed by atoms with Crippen molar-refractivity contribution in [2.24, 2.45) is 17.8 Å². The maximum Gasteiger partial charge on any atom is 0.264 e. The van der Waals surface area contributed by atoms with Gasteiger partial charge in [0.05, 0.1) is 23.1 Å². The van der Waals surface area contributed by atoms with Crippen LogP contribution in [0.15, 0.2) is 66.9 Å². The molecule has 2 aliphatic heterocycles. The number of halogens is 1. The van der Waals surface area contributed by atoms with Crippen molar-refractivity contribution in [1.29, 1.82) is 0 Å². The number of allylic oxidation sites excluding steroid dienone is 1. The third-order valence-corrected chi connectivity index (χ3v) is 13.8. The van der Waals surface area contributed by atoms with Gasteiger partial charge in [-0.05, 0) is 129 Å². The van der Waals surface area contributed by atoms with Crippen molar-refractivity contribution in [3.63, 3.8) is 0 Å². The average Bonchev–Trinajstić information content (AvgIpc) is 3.18. The van der Waals surface area contributed by atoms with Crippen LogP contribution in [0.1, 0.15) is 78.7 Å². The summed E-state index contributed by atoms with van der Waals surface area (Å²) in [5, 5.41) is 12.5. The van der Waals surface area contributed by atoms with E-state index in [1.165, 1.54) is 11.1 Å². The van der Waals surface area contributed by atoms with Crippen molar-refractivity contribution in [3.05, 3.63) is 99.9 Å². The Morgan fingerprint density at radius 1 is 1.12 bits per heavy atom. The molecule has 6 atom stereocenters. The summed E-state index contributed by atoms with van der Waals surface area (Å²) in [5.74, 6) is -0.160. The Morgan fingerprint density at radius 3 is 2.73 bits per heavy atom. The molecule has 1 amide bonds. The van der Waals surface area contributed by atoms with Crippen LogP contribution in [0.3, 0.4) is 0 Å². The Hall–Kier alpha value is -3.40. The van der Waals surface area contributed by atoms with Gasteiger partial charge in [-0.15, -0.1) is 0 Å². The van der Waals surface area contributed by atoms with Crippen LogP contribution in [-0.2, 0) is 28.3 Å². The van der Waals surface area contributed by atoms with E-state index in [1.54, 1.807) is 31.3 Å². The molecule has 1 saturated carbocycles. The molecule has 2 bridgehead atoms. The number of nitrogens with one attached hydrogen (secondary N) is 1. The second-order valence-corrected chi connectivity index (χ2v) is 17.5. The molecular formula is C39H46ClN3O5S. The summed E-state index contributed by atoms with van der Waals surface area (Å²) in [6, 6.07) is 15.4. The molecule has 0 radical (unpaired) electrons. The number of pyridine rings is 1. The number of fused-ring (bicyclic) bond motifs is 4. The number of aromatic nitrogens is 1. The largest absolute Gasteiger partial charge is 0.490 e. The summed E-state index contributed by atoms with van der Waals surface area (Å²) in [6.07, 6.45) is 11.1. The van der Waals surface area contributed by atoms with E-state index in [2.05, 4.69) is 26.7 Å². The lowest BCUT2D eigenvalue weighted by Gasteiger charge is -2.49. The molecule has 1 spiro atoms. The van der Waals surface area contributed by atoms with Gasteiger partial charge in [0.25, 0.3) is 5.91 Å². The zero-order valence-corrected chi connectivity index (χ0v) is 30.1. The Labute approximate surface area is 295 Å². The third-order valence-electron chi connectivity index (χ3n) is 11.7. The number of nitrogens with zero attached hydrogens (tertiary/aromatic N) is 2. The van der Waals surface area contributed by atoms with Crippen molar-refractivity contribution >= 4 is 33.2 Å². The number of amides is 1. The van der Waals surface area contributed by atoms with Gasteiger partial charge in [-0.1, -0.05) is 36.7 Å². The summed E-state index contributed by atoms with van der Waals surface area (Å²) in [6.45, 7) is 7.30. The highest BCUT2D eigenvalue weighted by molar-refractivity contribution is 7.90. The van der Waals surface area contributed by atoms with Gasteiger partial charge in [-0.3, -0.25) is 9.78 Å². The summed E-state index contributed by atoms with van der Waals surface area (Å²) < 4.78 is 35.9. The zero-order valence-electron chi connectivity index (χ0n) is 28.5. The first kappa shape index (κ1) is 34.1. The molecule has 260 valence electrons. The first-order valence-electron chi connectivity index (χ1n) is 17.5. The number of ether oxygens (including phenoxy) is 1. The summed E-state index contributed by atoms with van der Waals surface area (Å²) in [7, 11) is -3.99. The van der Waals surface area contributed by atoms with Crippen molar-refractivity contribution in [2.45, 2.75) is 82.0 Å². The van der Waals surface area contributed by atoms with Gasteiger partial charge >= 0.3 is 0 Å². The van der Waals surface area contributed by atoms with Crippen LogP contribution in [0.5, 0.6) is 5.75 Å². The van der Waals surface area contributed by atoms with E-state index in [9.17, 15) is 18.3 Å². The number of hydrogen-bond donors (Lipinski definition) is 2. The van der Waals surface area contributed by atoms with Crippen LogP contribution < -0.4 is 14.4 Å². The molecule has 1 aromatic heterocycles. The molecule has 7 rings (SSSR count). The number of aryl methyl sites for hydroxylation is 2. The summed E-state index contributed by atoms with van der Waals surface area (Å²) in [5.41, 5.74) is 3.94. The number of hydrogen-bond acceptors (Lipinski definition) is 7. The van der Waals surface area contributed by atoms with Crippen LogP contribution in [0.2, 0.25) is 5.02 Å². The van der Waals surface area contributed by atoms with Gasteiger partial charge in [0, 0.05) is 47.4 Å². The molecule has 8 nitrogen and oxygen atoms in total. The highest BCUT2D eigenvalue weighted by Crippen LogP contribution is 2.49. The molecule has 3 heterocycles. The standard InChI is InChI=1S/C39H46ClN3O5S/c1-25-14-17-41-32(18-25)21-39(45)16-4-6-26(2)27(3)49(46,47)42-37(44)29-9-13-36-35(20-29)43(22-30-8-11-34(30)39)23-38(24-48-36)15-5-7-28-19-31(40)10-12-33(28)38/h4,9-10,12-14,16-20,26-27,30,34,45H,5-8,11,15,21-24H2,1-3H3,(H,42,44)/b16-4-/t26-,27+,30-,34+,38-,39+/m0/s1. The Bertz CT molecular complexity index is 1900. The Morgan fingerprint density at radius 2 is 1.96 bits per heavy atom. The molecule has 3 aromatic rings. The molecule has 2 N–H and O–H groups in total. The minimum Gasteiger partial charge on any atom is -0.490 e. The van der Waals surface area contributed by atoms with E-state index >= 15 is 0 Å². The van der Waals surface area contributed by atoms with E-state index in [-0.39, 0.29) is 28.7 Å². The lowest BCUT2D eigenvalue weighted by atomic mass is 9.62. The van der Waals surface area contributed by atoms with Gasteiger partial charge in [-0.2, -0.15) is 0 Å². The molecular weight excluding hydrogens is 658 g/mol. The lowest BCUT2D eigenvalue weighted by Crippen LogP contribution is -2.53. The minimum absolute atomic E-state index is 0.0390. The third kappa shape index (κ3) is 6.62. The predicted molar refractivity (Wildman–Crippen MR) is 193 cm³/mol. The number of benzene rings is 2. The number of rotatable bonds is 2. The van der Waals surface area contributed by atoms with E-state index in [4.69, 9.17) is 16.3 Å². The van der Waals surface area contributed by atoms with Crippen LogP contribution in [0.25, 0.3) is 0 Å². The molecule has 10 heteroatoms. The Balaban J connectivity index is 1.32. The van der Waals surface area contributed by atoms with Crippen molar-refractivity contribution < 1.29 is 23.1 Å². The van der Waals surface area contributed by atoms with Crippen LogP contribution >= 0.6 is 11.6 Å². The van der Waals surface area contributed by atoms with Gasteiger partial charge < -0.3 is 14.7 Å². The lowest BCUT2D eigenvalue weighted by molar-refractivity contribution is -0.0452. The maximum absolute atomic E-state index is 13.5. The van der Waals surface area contributed by atoms with Gasteiger partial charge in [0.2, 0.25) is 10.0 Å². The van der Waals surface area contributed by atoms with E-state index in [0.29, 0.717) is 38.3 Å². The number of aliphatic hydroxyl groups is 1. The first-order valence-corrected chi connectivity index (χ1v) is 19.5. The topological polar surface area (TPSA) is 109 Å². The second kappa shape index (κ2) is 13.1. The van der Waals surface area contributed by atoms with Gasteiger partial charge in [-0.25, -0.2) is 13.1 Å². The fourth-order valence-corrected chi connectivity index (χ4v) is 10.0. The smallest absolute Gasteiger partial charge is 0.264 e. The molecule has 0 unspecified atom stereocenters. The second-order valence-electron chi connectivity index (χ2n) is 15.0. The van der Waals surface area contributed by atoms with Crippen molar-refractivity contribution in [1.82, 2.24) is 9.71 Å². The predicted octanol–water partition coefficient (Wildman–Crippen LogP) is 6.56. The van der Waals surface area contributed by atoms with Crippen LogP contribution in [0, 0.1) is 24.7 Å². The minimum atomic E-state index is -3.99. The molecule has 2 aromatic carbocycles. The first-order chi connectivity index (χ1) is 23.4. The normalized spacial score (nSPS) is 31.7. The molecule has 1 fully saturated rings. The van der Waals surface area contributed by atoms with Crippen molar-refractivity contribution in [2.75, 3.05) is 24.6 Å². The number of sulfonamides is 1. The molecule has 49 heavy (non-hydrogen) atoms. The summed E-state index contributed by atoms with van der Waals surface area (Å²) in [4.78, 5) is 20.5. The average molecular weight is 704 g/mol. The van der Waals surface area contributed by atoms with Crippen LogP contribution in [0.4, 0.5) is 5.69 Å². The number of carbonyl (C=O) groups excluding carboxylic acids is 1. The quantitative estimate of drug-likeness (QED) is 0.291. The highest BCUT2D eigenvalue weighted by Gasteiger charge is 2.48. The fraction of sp³-hybridized carbons (Fsp3) is 0.487.